The number of sulfonamides is 1. The van der Waals surface area contributed by atoms with E-state index in [0.29, 0.717) is 13.2 Å². The molecule has 2 unspecified atom stereocenters. The molecular weight excluding hydrogens is 178 g/mol. The molecule has 0 spiro atoms. The van der Waals surface area contributed by atoms with Crippen LogP contribution in [0.25, 0.3) is 0 Å². The Morgan fingerprint density at radius 2 is 2.00 bits per heavy atom. The highest BCUT2D eigenvalue weighted by atomic mass is 32.2. The van der Waals surface area contributed by atoms with Crippen LogP contribution in [0.3, 0.4) is 0 Å². The summed E-state index contributed by atoms with van der Waals surface area (Å²) in [5.41, 5.74) is 0. The van der Waals surface area contributed by atoms with Gasteiger partial charge in [0.15, 0.2) is 0 Å². The summed E-state index contributed by atoms with van der Waals surface area (Å²) in [4.78, 5) is 0. The molecule has 0 bridgehead atoms. The minimum Gasteiger partial charge on any atom is -0.375 e. The summed E-state index contributed by atoms with van der Waals surface area (Å²) in [6.07, 6.45) is 1.23. The second kappa shape index (κ2) is 3.32. The minimum atomic E-state index is -3.05. The lowest BCUT2D eigenvalue weighted by molar-refractivity contribution is -0.0229. The van der Waals surface area contributed by atoms with Gasteiger partial charge in [0, 0.05) is 12.6 Å². The van der Waals surface area contributed by atoms with Crippen LogP contribution in [0.4, 0.5) is 0 Å². The molecule has 1 rings (SSSR count). The van der Waals surface area contributed by atoms with Crippen molar-refractivity contribution >= 4 is 10.0 Å². The Kier molecular flexibility index (Phi) is 2.75. The van der Waals surface area contributed by atoms with Gasteiger partial charge in [-0.3, -0.25) is 0 Å². The van der Waals surface area contributed by atoms with Gasteiger partial charge in [0.1, 0.15) is 0 Å². The first kappa shape index (κ1) is 9.95. The Bertz CT molecular complexity index is 249. The molecule has 1 fully saturated rings. The molecule has 1 aliphatic rings. The third-order valence-electron chi connectivity index (χ3n) is 2.25. The van der Waals surface area contributed by atoms with E-state index >= 15 is 0 Å². The van der Waals surface area contributed by atoms with Crippen LogP contribution >= 0.6 is 0 Å². The van der Waals surface area contributed by atoms with Gasteiger partial charge in [-0.25, -0.2) is 8.42 Å². The van der Waals surface area contributed by atoms with Crippen LogP contribution in [-0.4, -0.2) is 44.3 Å². The predicted octanol–water partition coefficient (Wildman–Crippen LogP) is 0.0552. The maximum Gasteiger partial charge on any atom is 0.211 e. The molecular formula is C7H15NO3S. The fraction of sp³-hybridized carbons (Fsp3) is 1.00. The first-order chi connectivity index (χ1) is 5.43. The van der Waals surface area contributed by atoms with E-state index in [0.717, 1.165) is 0 Å². The zero-order valence-electron chi connectivity index (χ0n) is 7.65. The molecule has 0 aromatic carbocycles. The maximum atomic E-state index is 11.2. The first-order valence-corrected chi connectivity index (χ1v) is 5.86. The highest BCUT2D eigenvalue weighted by molar-refractivity contribution is 7.88. The maximum absolute atomic E-state index is 11.2. The van der Waals surface area contributed by atoms with Gasteiger partial charge in [0.25, 0.3) is 0 Å². The van der Waals surface area contributed by atoms with Crippen LogP contribution in [-0.2, 0) is 14.8 Å². The lowest BCUT2D eigenvalue weighted by Crippen LogP contribution is -2.50. The molecule has 0 aliphatic carbocycles. The summed E-state index contributed by atoms with van der Waals surface area (Å²) >= 11 is 0. The molecule has 0 aromatic heterocycles. The molecule has 2 atom stereocenters. The van der Waals surface area contributed by atoms with Crippen molar-refractivity contribution in [2.45, 2.75) is 26.0 Å². The second-order valence-electron chi connectivity index (χ2n) is 3.19. The monoisotopic (exact) mass is 193 g/mol. The average molecular weight is 193 g/mol. The van der Waals surface area contributed by atoms with Crippen molar-refractivity contribution < 1.29 is 13.2 Å². The summed E-state index contributed by atoms with van der Waals surface area (Å²) in [7, 11) is -3.05. The topological polar surface area (TPSA) is 46.6 Å². The van der Waals surface area contributed by atoms with Crippen LogP contribution in [0.1, 0.15) is 13.8 Å². The Hall–Kier alpha value is -0.130. The van der Waals surface area contributed by atoms with Crippen LogP contribution in [0, 0.1) is 0 Å². The Labute approximate surface area is 73.6 Å². The van der Waals surface area contributed by atoms with Gasteiger partial charge in [0.2, 0.25) is 10.0 Å². The van der Waals surface area contributed by atoms with Crippen LogP contribution in [0.15, 0.2) is 0 Å². The first-order valence-electron chi connectivity index (χ1n) is 4.01. The van der Waals surface area contributed by atoms with E-state index in [1.807, 2.05) is 13.8 Å². The summed E-state index contributed by atoms with van der Waals surface area (Å²) < 4.78 is 29.2. The van der Waals surface area contributed by atoms with Gasteiger partial charge in [-0.1, -0.05) is 0 Å². The Morgan fingerprint density at radius 1 is 1.42 bits per heavy atom. The molecule has 0 radical (unpaired) electrons. The molecule has 5 heteroatoms. The van der Waals surface area contributed by atoms with Crippen molar-refractivity contribution in [3.05, 3.63) is 0 Å². The third-order valence-corrected chi connectivity index (χ3v) is 3.62. The largest absolute Gasteiger partial charge is 0.375 e. The van der Waals surface area contributed by atoms with Crippen molar-refractivity contribution in [2.24, 2.45) is 0 Å². The number of rotatable bonds is 1. The van der Waals surface area contributed by atoms with Gasteiger partial charge in [-0.2, -0.15) is 4.31 Å². The van der Waals surface area contributed by atoms with E-state index in [2.05, 4.69) is 0 Å². The van der Waals surface area contributed by atoms with E-state index in [9.17, 15) is 8.42 Å². The van der Waals surface area contributed by atoms with Crippen molar-refractivity contribution in [1.82, 2.24) is 4.31 Å². The van der Waals surface area contributed by atoms with Crippen molar-refractivity contribution in [1.29, 1.82) is 0 Å². The van der Waals surface area contributed by atoms with Crippen molar-refractivity contribution in [2.75, 3.05) is 19.4 Å². The molecule has 0 saturated carbocycles. The molecule has 1 saturated heterocycles. The minimum absolute atomic E-state index is 0.00604. The normalized spacial score (nSPS) is 33.6. The lowest BCUT2D eigenvalue weighted by Gasteiger charge is -2.35. The average Bonchev–Trinajstić information content (AvgIpc) is 1.92. The number of ether oxygens (including phenoxy) is 1. The molecule has 0 aromatic rings. The molecule has 12 heavy (non-hydrogen) atoms. The summed E-state index contributed by atoms with van der Waals surface area (Å²) in [5, 5.41) is 0. The number of hydrogen-bond acceptors (Lipinski definition) is 3. The fourth-order valence-electron chi connectivity index (χ4n) is 1.37. The molecule has 1 heterocycles. The van der Waals surface area contributed by atoms with Crippen LogP contribution in [0.2, 0.25) is 0 Å². The van der Waals surface area contributed by atoms with E-state index < -0.39 is 10.0 Å². The third kappa shape index (κ3) is 1.97. The number of morpholine rings is 1. The van der Waals surface area contributed by atoms with Gasteiger partial charge in [0.05, 0.1) is 19.0 Å². The smallest absolute Gasteiger partial charge is 0.211 e. The van der Waals surface area contributed by atoms with E-state index in [1.54, 1.807) is 0 Å². The van der Waals surface area contributed by atoms with Gasteiger partial charge < -0.3 is 4.74 Å². The zero-order chi connectivity index (χ0) is 9.35. The predicted molar refractivity (Wildman–Crippen MR) is 46.4 cm³/mol. The van der Waals surface area contributed by atoms with E-state index in [-0.39, 0.29) is 12.1 Å². The summed E-state index contributed by atoms with van der Waals surface area (Å²) in [6, 6.07) is -0.0475. The van der Waals surface area contributed by atoms with Crippen LogP contribution < -0.4 is 0 Å². The number of nitrogens with zero attached hydrogens (tertiary/aromatic N) is 1. The highest BCUT2D eigenvalue weighted by Crippen LogP contribution is 2.15. The van der Waals surface area contributed by atoms with Crippen molar-refractivity contribution in [3.63, 3.8) is 0 Å². The Balaban J connectivity index is 2.78. The van der Waals surface area contributed by atoms with E-state index in [1.165, 1.54) is 10.6 Å². The van der Waals surface area contributed by atoms with Gasteiger partial charge >= 0.3 is 0 Å². The molecule has 0 amide bonds. The van der Waals surface area contributed by atoms with Gasteiger partial charge in [-0.05, 0) is 13.8 Å². The summed E-state index contributed by atoms with van der Waals surface area (Å²) in [5.74, 6) is 0. The molecule has 4 nitrogen and oxygen atoms in total. The van der Waals surface area contributed by atoms with Gasteiger partial charge in [-0.15, -0.1) is 0 Å². The number of hydrogen-bond donors (Lipinski definition) is 0. The standard InChI is InChI=1S/C7H15NO3S/c1-6-7(2)11-5-4-8(6)12(3,9)10/h6-7H,4-5H2,1-3H3. The molecule has 0 N–H and O–H groups in total. The molecule has 72 valence electrons. The lowest BCUT2D eigenvalue weighted by atomic mass is 10.2. The quantitative estimate of drug-likeness (QED) is 0.591. The van der Waals surface area contributed by atoms with Crippen LogP contribution in [0.5, 0.6) is 0 Å². The Morgan fingerprint density at radius 3 is 2.42 bits per heavy atom. The highest BCUT2D eigenvalue weighted by Gasteiger charge is 2.31. The van der Waals surface area contributed by atoms with Crippen molar-refractivity contribution in [3.8, 4) is 0 Å². The summed E-state index contributed by atoms with van der Waals surface area (Å²) in [6.45, 7) is 4.73. The fourth-order valence-corrected chi connectivity index (χ4v) is 2.56. The zero-order valence-corrected chi connectivity index (χ0v) is 8.47. The molecule has 1 aliphatic heterocycles. The van der Waals surface area contributed by atoms with E-state index in [4.69, 9.17) is 4.74 Å². The SMILES string of the molecule is CC1OCCN(S(C)(=O)=O)C1C. The second-order valence-corrected chi connectivity index (χ2v) is 5.13.